The lowest BCUT2D eigenvalue weighted by Gasteiger charge is -2.13. The zero-order valence-electron chi connectivity index (χ0n) is 16.8. The SMILES string of the molecule is COCCCSCC(=O)Nc1cc(N)cc(C(=O)CC(C(=O)O)c2ccccc2)c1. The number of carbonyl (C=O) groups excluding carboxylic acids is 2. The van der Waals surface area contributed by atoms with Crippen LogP contribution in [-0.4, -0.2) is 48.0 Å². The second kappa shape index (κ2) is 12.0. The normalized spacial score (nSPS) is 11.6. The molecule has 0 aliphatic heterocycles. The second-order valence-electron chi connectivity index (χ2n) is 6.72. The number of hydrogen-bond acceptors (Lipinski definition) is 6. The predicted molar refractivity (Wildman–Crippen MR) is 119 cm³/mol. The van der Waals surface area contributed by atoms with Crippen molar-refractivity contribution in [2.24, 2.45) is 0 Å². The molecule has 1 atom stereocenters. The largest absolute Gasteiger partial charge is 0.481 e. The molecule has 0 fully saturated rings. The molecule has 0 aliphatic carbocycles. The van der Waals surface area contributed by atoms with E-state index in [0.717, 1.165) is 12.2 Å². The minimum absolute atomic E-state index is 0.200. The number of benzene rings is 2. The van der Waals surface area contributed by atoms with Crippen molar-refractivity contribution in [1.82, 2.24) is 0 Å². The van der Waals surface area contributed by atoms with Gasteiger partial charge in [-0.25, -0.2) is 0 Å². The molecule has 0 saturated heterocycles. The van der Waals surface area contributed by atoms with E-state index in [1.165, 1.54) is 23.9 Å². The Morgan fingerprint density at radius 3 is 2.57 bits per heavy atom. The number of ketones is 1. The number of carbonyl (C=O) groups is 3. The van der Waals surface area contributed by atoms with E-state index in [2.05, 4.69) is 5.32 Å². The fraction of sp³-hybridized carbons (Fsp3) is 0.318. The molecule has 0 spiro atoms. The van der Waals surface area contributed by atoms with E-state index in [-0.39, 0.29) is 29.4 Å². The maximum absolute atomic E-state index is 12.7. The van der Waals surface area contributed by atoms with Gasteiger partial charge in [0.2, 0.25) is 5.91 Å². The Labute approximate surface area is 180 Å². The molecule has 2 aromatic carbocycles. The van der Waals surface area contributed by atoms with Gasteiger partial charge in [-0.1, -0.05) is 30.3 Å². The van der Waals surface area contributed by atoms with Crippen LogP contribution in [0.2, 0.25) is 0 Å². The maximum Gasteiger partial charge on any atom is 0.311 e. The summed E-state index contributed by atoms with van der Waals surface area (Å²) in [5, 5.41) is 12.3. The number of carboxylic acid groups (broad SMARTS) is 1. The number of methoxy groups -OCH3 is 1. The van der Waals surface area contributed by atoms with Crippen LogP contribution >= 0.6 is 11.8 Å². The Bertz CT molecular complexity index is 873. The van der Waals surface area contributed by atoms with Crippen molar-refractivity contribution >= 4 is 40.8 Å². The lowest BCUT2D eigenvalue weighted by molar-refractivity contribution is -0.138. The average Bonchev–Trinajstić information content (AvgIpc) is 2.71. The van der Waals surface area contributed by atoms with Crippen molar-refractivity contribution in [3.8, 4) is 0 Å². The monoisotopic (exact) mass is 430 g/mol. The number of aliphatic carboxylic acids is 1. The van der Waals surface area contributed by atoms with Gasteiger partial charge in [-0.15, -0.1) is 0 Å². The minimum Gasteiger partial charge on any atom is -0.481 e. The summed E-state index contributed by atoms with van der Waals surface area (Å²) in [7, 11) is 1.63. The zero-order valence-corrected chi connectivity index (χ0v) is 17.6. The summed E-state index contributed by atoms with van der Waals surface area (Å²) in [6, 6.07) is 13.2. The molecule has 7 nitrogen and oxygen atoms in total. The summed E-state index contributed by atoms with van der Waals surface area (Å²) < 4.78 is 4.97. The first-order valence-corrected chi connectivity index (χ1v) is 10.6. The number of nitrogens with one attached hydrogen (secondary N) is 1. The van der Waals surface area contributed by atoms with Crippen molar-refractivity contribution in [3.05, 3.63) is 59.7 Å². The topological polar surface area (TPSA) is 119 Å². The molecule has 1 amide bonds. The number of anilines is 2. The molecule has 0 bridgehead atoms. The third kappa shape index (κ3) is 7.53. The molecule has 0 aliphatic rings. The number of hydrogen-bond donors (Lipinski definition) is 3. The first-order valence-electron chi connectivity index (χ1n) is 9.48. The Kier molecular flexibility index (Phi) is 9.37. The van der Waals surface area contributed by atoms with Crippen molar-refractivity contribution in [2.45, 2.75) is 18.8 Å². The van der Waals surface area contributed by atoms with Crippen LogP contribution in [0.25, 0.3) is 0 Å². The highest BCUT2D eigenvalue weighted by Crippen LogP contribution is 2.25. The third-order valence-electron chi connectivity index (χ3n) is 4.32. The molecular formula is C22H26N2O5S. The molecule has 30 heavy (non-hydrogen) atoms. The Hall–Kier alpha value is -2.84. The van der Waals surface area contributed by atoms with E-state index >= 15 is 0 Å². The maximum atomic E-state index is 12.7. The molecule has 4 N–H and O–H groups in total. The molecule has 0 saturated carbocycles. The summed E-state index contributed by atoms with van der Waals surface area (Å²) >= 11 is 1.49. The predicted octanol–water partition coefficient (Wildman–Crippen LogP) is 3.42. The number of Topliss-reactive ketones (excluding diaryl/α,β-unsaturated/α-hetero) is 1. The number of rotatable bonds is 12. The molecule has 8 heteroatoms. The van der Waals surface area contributed by atoms with E-state index in [4.69, 9.17) is 10.5 Å². The van der Waals surface area contributed by atoms with Crippen molar-refractivity contribution < 1.29 is 24.2 Å². The lowest BCUT2D eigenvalue weighted by Crippen LogP contribution is -2.17. The Morgan fingerprint density at radius 1 is 1.17 bits per heavy atom. The van der Waals surface area contributed by atoms with Crippen molar-refractivity contribution in [2.75, 3.05) is 36.3 Å². The zero-order chi connectivity index (χ0) is 21.9. The second-order valence-corrected chi connectivity index (χ2v) is 7.82. The van der Waals surface area contributed by atoms with Crippen LogP contribution in [-0.2, 0) is 14.3 Å². The Morgan fingerprint density at radius 2 is 1.90 bits per heavy atom. The van der Waals surface area contributed by atoms with Gasteiger partial charge in [-0.05, 0) is 35.9 Å². The standard InChI is InChI=1S/C22H26N2O5S/c1-29-8-5-9-30-14-21(26)24-18-11-16(10-17(23)12-18)20(25)13-19(22(27)28)15-6-3-2-4-7-15/h2-4,6-7,10-12,19H,5,8-9,13-14,23H2,1H3,(H,24,26)(H,27,28). The summed E-state index contributed by atoms with van der Waals surface area (Å²) in [5.74, 6) is -1.51. The molecule has 2 rings (SSSR count). The molecule has 1 unspecified atom stereocenters. The number of nitrogens with two attached hydrogens (primary N) is 1. The smallest absolute Gasteiger partial charge is 0.311 e. The number of nitrogen functional groups attached to an aromatic ring is 1. The van der Waals surface area contributed by atoms with Gasteiger partial charge in [0.25, 0.3) is 0 Å². The fourth-order valence-corrected chi connectivity index (χ4v) is 3.61. The van der Waals surface area contributed by atoms with Gasteiger partial charge in [0.15, 0.2) is 5.78 Å². The van der Waals surface area contributed by atoms with E-state index in [0.29, 0.717) is 23.5 Å². The van der Waals surface area contributed by atoms with E-state index in [1.54, 1.807) is 43.5 Å². The van der Waals surface area contributed by atoms with Crippen molar-refractivity contribution in [3.63, 3.8) is 0 Å². The van der Waals surface area contributed by atoms with Crippen LogP contribution in [0.3, 0.4) is 0 Å². The highest BCUT2D eigenvalue weighted by atomic mass is 32.2. The van der Waals surface area contributed by atoms with Gasteiger partial charge in [-0.3, -0.25) is 14.4 Å². The minimum atomic E-state index is -1.07. The number of carboxylic acids is 1. The van der Waals surface area contributed by atoms with Crippen molar-refractivity contribution in [1.29, 1.82) is 0 Å². The molecule has 0 heterocycles. The molecular weight excluding hydrogens is 404 g/mol. The third-order valence-corrected chi connectivity index (χ3v) is 5.36. The lowest BCUT2D eigenvalue weighted by atomic mass is 9.91. The van der Waals surface area contributed by atoms with Crippen LogP contribution in [0.5, 0.6) is 0 Å². The van der Waals surface area contributed by atoms with Gasteiger partial charge < -0.3 is 20.9 Å². The van der Waals surface area contributed by atoms with E-state index in [1.807, 2.05) is 0 Å². The van der Waals surface area contributed by atoms with Crippen LogP contribution in [0, 0.1) is 0 Å². The fourth-order valence-electron chi connectivity index (χ4n) is 2.89. The summed E-state index contributed by atoms with van der Waals surface area (Å²) in [5.41, 5.74) is 7.44. The quantitative estimate of drug-likeness (QED) is 0.268. The molecule has 160 valence electrons. The van der Waals surface area contributed by atoms with Crippen LogP contribution in [0.15, 0.2) is 48.5 Å². The van der Waals surface area contributed by atoms with Gasteiger partial charge >= 0.3 is 5.97 Å². The van der Waals surface area contributed by atoms with Gasteiger partial charge in [0.1, 0.15) is 0 Å². The first kappa shape index (κ1) is 23.4. The highest BCUT2D eigenvalue weighted by Gasteiger charge is 2.24. The van der Waals surface area contributed by atoms with Gasteiger partial charge in [0, 0.05) is 37.1 Å². The van der Waals surface area contributed by atoms with Gasteiger partial charge in [0.05, 0.1) is 11.7 Å². The van der Waals surface area contributed by atoms with Crippen LogP contribution < -0.4 is 11.1 Å². The van der Waals surface area contributed by atoms with Crippen LogP contribution in [0.1, 0.15) is 34.7 Å². The van der Waals surface area contributed by atoms with E-state index in [9.17, 15) is 19.5 Å². The molecule has 0 aromatic heterocycles. The summed E-state index contributed by atoms with van der Waals surface area (Å²) in [4.78, 5) is 36.5. The number of thioether (sulfide) groups is 1. The average molecular weight is 431 g/mol. The molecule has 2 aromatic rings. The van der Waals surface area contributed by atoms with Crippen LogP contribution in [0.4, 0.5) is 11.4 Å². The number of ether oxygens (including phenoxy) is 1. The first-order chi connectivity index (χ1) is 14.4. The highest BCUT2D eigenvalue weighted by molar-refractivity contribution is 7.99. The Balaban J connectivity index is 2.03. The van der Waals surface area contributed by atoms with Gasteiger partial charge in [-0.2, -0.15) is 11.8 Å². The summed E-state index contributed by atoms with van der Waals surface area (Å²) in [6.07, 6.45) is 0.656. The number of amides is 1. The van der Waals surface area contributed by atoms with E-state index < -0.39 is 11.9 Å². The summed E-state index contributed by atoms with van der Waals surface area (Å²) in [6.45, 7) is 0.648. The molecule has 0 radical (unpaired) electrons.